The summed E-state index contributed by atoms with van der Waals surface area (Å²) in [7, 11) is -4.53. The number of nitrogens with zero attached hydrogens (tertiary/aromatic N) is 4. The number of nitro benzene ring substituents is 1. The maximum Gasteiger partial charge on any atom is 0.293 e. The molecule has 10 rings (SSSR count). The lowest BCUT2D eigenvalue weighted by Crippen LogP contribution is -2.48. The molecule has 4 saturated carbocycles. The van der Waals surface area contributed by atoms with Crippen LogP contribution in [0, 0.1) is 44.6 Å². The number of piperazine rings is 1. The number of nitrogens with one attached hydrogen (secondary N) is 3. The van der Waals surface area contributed by atoms with Gasteiger partial charge in [-0.2, -0.15) is 0 Å². The van der Waals surface area contributed by atoms with Gasteiger partial charge in [0.2, 0.25) is 0 Å². The van der Waals surface area contributed by atoms with Crippen LogP contribution >= 0.6 is 0 Å². The van der Waals surface area contributed by atoms with E-state index >= 15 is 0 Å². The zero-order valence-corrected chi connectivity index (χ0v) is 38.2. The van der Waals surface area contributed by atoms with Gasteiger partial charge in [-0.25, -0.2) is 18.1 Å². The van der Waals surface area contributed by atoms with Crippen LogP contribution in [0.15, 0.2) is 77.0 Å². The molecular weight excluding hydrogens is 815 g/mol. The number of hydrogen-bond acceptors (Lipinski definition) is 10. The van der Waals surface area contributed by atoms with Crippen LogP contribution in [0.4, 0.5) is 17.1 Å². The highest BCUT2D eigenvalue weighted by Gasteiger charge is 2.47. The molecule has 3 heterocycles. The van der Waals surface area contributed by atoms with Crippen molar-refractivity contribution in [2.75, 3.05) is 42.9 Å². The number of benzene rings is 2. The SMILES string of the molecule is C[C@H]1C[C@@H](C2=C(CN3CCN(c4ccc(C(=O)NS(=O)(=O)c5ccc(NC6CCC(C)(C)CC6)c([N+](=O)[O-])c5)c(Oc5cnc6[nH]ccc6c5)c4)CC3)CCC(C)(C)C2)C2CC1C2. The van der Waals surface area contributed by atoms with Gasteiger partial charge in [0.25, 0.3) is 21.6 Å². The summed E-state index contributed by atoms with van der Waals surface area (Å²) in [4.78, 5) is 37.6. The summed E-state index contributed by atoms with van der Waals surface area (Å²) in [5.74, 6) is 3.02. The van der Waals surface area contributed by atoms with Crippen molar-refractivity contribution in [3.63, 3.8) is 0 Å². The van der Waals surface area contributed by atoms with E-state index in [0.29, 0.717) is 16.8 Å². The Bertz CT molecular complexity index is 2520. The molecule has 0 radical (unpaired) electrons. The Kier molecular flexibility index (Phi) is 11.6. The zero-order chi connectivity index (χ0) is 44.3. The molecule has 336 valence electrons. The van der Waals surface area contributed by atoms with E-state index in [1.165, 1.54) is 50.7 Å². The number of amides is 1. The Morgan fingerprint density at radius 2 is 1.71 bits per heavy atom. The number of carbonyl (C=O) groups is 1. The quantitative estimate of drug-likeness (QED) is 0.0709. The maximum atomic E-state index is 14.0. The van der Waals surface area contributed by atoms with Gasteiger partial charge >= 0.3 is 0 Å². The second kappa shape index (κ2) is 16.9. The number of ether oxygens (including phenoxy) is 1. The Morgan fingerprint density at radius 1 is 0.952 bits per heavy atom. The third-order valence-corrected chi connectivity index (χ3v) is 16.6. The minimum atomic E-state index is -4.53. The van der Waals surface area contributed by atoms with Crippen molar-refractivity contribution in [1.29, 1.82) is 0 Å². The van der Waals surface area contributed by atoms with E-state index in [2.05, 4.69) is 64.4 Å². The Balaban J connectivity index is 0.923. The molecule has 1 saturated heterocycles. The van der Waals surface area contributed by atoms with Crippen LogP contribution in [-0.4, -0.2) is 72.9 Å². The first-order valence-corrected chi connectivity index (χ1v) is 24.5. The molecular formula is C49H63N7O6S. The highest BCUT2D eigenvalue weighted by Crippen LogP contribution is 2.57. The summed E-state index contributed by atoms with van der Waals surface area (Å²) >= 11 is 0. The van der Waals surface area contributed by atoms with Crippen molar-refractivity contribution in [2.45, 2.75) is 110 Å². The number of hydrogen-bond donors (Lipinski definition) is 3. The third kappa shape index (κ3) is 9.34. The van der Waals surface area contributed by atoms with E-state index in [-0.39, 0.29) is 39.0 Å². The lowest BCUT2D eigenvalue weighted by Gasteiger charge is -2.53. The number of aromatic nitrogens is 2. The second-order valence-corrected chi connectivity index (χ2v) is 22.5. The molecule has 0 unspecified atom stereocenters. The number of aromatic amines is 1. The molecule has 2 atom stereocenters. The number of sulfonamides is 1. The van der Waals surface area contributed by atoms with Crippen LogP contribution in [0.3, 0.4) is 0 Å². The molecule has 0 spiro atoms. The standard InChI is InChI=1S/C49H63N7O6S/c1-31-22-41(35-23-34(31)24-35)42-28-49(4,5)14-10-33(42)30-54-18-20-55(21-19-54)37-6-8-40(45(26-37)62-38-25-32-13-17-50-46(32)51-29-38)47(57)53-63(60,61)39-7-9-43(44(27-39)56(58)59)52-36-11-15-48(2,3)16-12-36/h6-9,13,17,25-27,29,31,34-36,41,52H,10-12,14-16,18-24,28,30H2,1-5H3,(H,50,51)(H,53,57)/t31-,34?,35?,41+/m0/s1. The number of allylic oxidation sites excluding steroid dienone is 1. The molecule has 2 aromatic heterocycles. The lowest BCUT2D eigenvalue weighted by atomic mass is 9.52. The molecule has 63 heavy (non-hydrogen) atoms. The predicted molar refractivity (Wildman–Crippen MR) is 247 cm³/mol. The fraction of sp³-hybridized carbons (Fsp3) is 0.551. The predicted octanol–water partition coefficient (Wildman–Crippen LogP) is 10.1. The number of H-pyrrole nitrogens is 1. The van der Waals surface area contributed by atoms with Gasteiger partial charge in [0.1, 0.15) is 22.8 Å². The van der Waals surface area contributed by atoms with Gasteiger partial charge < -0.3 is 19.9 Å². The number of rotatable bonds is 12. The van der Waals surface area contributed by atoms with E-state index in [9.17, 15) is 23.3 Å². The summed E-state index contributed by atoms with van der Waals surface area (Å²) < 4.78 is 36.1. The second-order valence-electron chi connectivity index (χ2n) is 20.9. The van der Waals surface area contributed by atoms with E-state index < -0.39 is 20.9 Å². The average Bonchev–Trinajstić information content (AvgIpc) is 3.70. The van der Waals surface area contributed by atoms with Crippen LogP contribution in [0.5, 0.6) is 11.5 Å². The molecule has 6 aliphatic rings. The van der Waals surface area contributed by atoms with Crippen LogP contribution in [0.25, 0.3) is 11.0 Å². The van der Waals surface area contributed by atoms with E-state index in [0.717, 1.165) is 99.2 Å². The smallest absolute Gasteiger partial charge is 0.293 e. The molecule has 5 fully saturated rings. The Hall–Kier alpha value is -4.95. The molecule has 2 bridgehead atoms. The zero-order valence-electron chi connectivity index (χ0n) is 37.4. The molecule has 5 aliphatic carbocycles. The first-order valence-electron chi connectivity index (χ1n) is 23.0. The van der Waals surface area contributed by atoms with Crippen molar-refractivity contribution < 1.29 is 22.9 Å². The molecule has 4 aromatic rings. The molecule has 13 nitrogen and oxygen atoms in total. The van der Waals surface area contributed by atoms with Crippen LogP contribution in [0.2, 0.25) is 0 Å². The lowest BCUT2D eigenvalue weighted by molar-refractivity contribution is -0.384. The topological polar surface area (TPSA) is 163 Å². The van der Waals surface area contributed by atoms with Gasteiger partial charge in [0.15, 0.2) is 0 Å². The third-order valence-electron chi connectivity index (χ3n) is 15.3. The van der Waals surface area contributed by atoms with Crippen LogP contribution < -0.4 is 19.7 Å². The summed E-state index contributed by atoms with van der Waals surface area (Å²) in [5, 5.41) is 16.3. The highest BCUT2D eigenvalue weighted by atomic mass is 32.2. The van der Waals surface area contributed by atoms with Gasteiger partial charge in [-0.3, -0.25) is 19.8 Å². The van der Waals surface area contributed by atoms with Crippen molar-refractivity contribution >= 4 is 44.0 Å². The number of carbonyl (C=O) groups excluding carboxylic acids is 1. The van der Waals surface area contributed by atoms with Crippen molar-refractivity contribution in [1.82, 2.24) is 19.6 Å². The molecule has 1 amide bonds. The van der Waals surface area contributed by atoms with E-state index in [4.69, 9.17) is 4.74 Å². The van der Waals surface area contributed by atoms with Gasteiger partial charge in [0.05, 0.1) is 21.6 Å². The van der Waals surface area contributed by atoms with Gasteiger partial charge in [0, 0.05) is 68.2 Å². The van der Waals surface area contributed by atoms with Crippen molar-refractivity contribution in [3.8, 4) is 11.5 Å². The van der Waals surface area contributed by atoms with E-state index in [1.807, 2.05) is 12.1 Å². The summed E-state index contributed by atoms with van der Waals surface area (Å²) in [5.41, 5.74) is 5.45. The molecule has 1 aliphatic heterocycles. The first-order chi connectivity index (χ1) is 30.0. The largest absolute Gasteiger partial charge is 0.455 e. The van der Waals surface area contributed by atoms with Crippen molar-refractivity contribution in [3.05, 3.63) is 87.7 Å². The Morgan fingerprint density at radius 3 is 2.44 bits per heavy atom. The van der Waals surface area contributed by atoms with Gasteiger partial charge in [-0.15, -0.1) is 0 Å². The molecule has 14 heteroatoms. The van der Waals surface area contributed by atoms with Crippen LogP contribution in [-0.2, 0) is 10.0 Å². The monoisotopic (exact) mass is 877 g/mol. The summed E-state index contributed by atoms with van der Waals surface area (Å²) in [6, 6.07) is 12.6. The molecule has 3 N–H and O–H groups in total. The van der Waals surface area contributed by atoms with Crippen molar-refractivity contribution in [2.24, 2.45) is 34.5 Å². The highest BCUT2D eigenvalue weighted by molar-refractivity contribution is 7.90. The fourth-order valence-corrected chi connectivity index (χ4v) is 12.1. The fourth-order valence-electron chi connectivity index (χ4n) is 11.1. The Labute approximate surface area is 371 Å². The number of fused-ring (bicyclic) bond motifs is 3. The first kappa shape index (κ1) is 43.3. The minimum Gasteiger partial charge on any atom is -0.455 e. The maximum absolute atomic E-state index is 14.0. The summed E-state index contributed by atoms with van der Waals surface area (Å²) in [6.45, 7) is 16.2. The van der Waals surface area contributed by atoms with Gasteiger partial charge in [-0.05, 0) is 135 Å². The normalized spacial score (nSPS) is 25.1. The summed E-state index contributed by atoms with van der Waals surface area (Å²) in [6.07, 6.45) is 14.8. The number of pyridine rings is 1. The molecule has 2 aromatic carbocycles. The minimum absolute atomic E-state index is 0.00219. The van der Waals surface area contributed by atoms with Crippen LogP contribution in [0.1, 0.15) is 109 Å². The number of anilines is 2. The van der Waals surface area contributed by atoms with E-state index in [1.54, 1.807) is 41.7 Å². The number of nitro groups is 1. The average molecular weight is 878 g/mol. The van der Waals surface area contributed by atoms with Gasteiger partial charge in [-0.1, -0.05) is 45.8 Å².